The molecule has 1 atom stereocenters. The van der Waals surface area contributed by atoms with E-state index in [0.717, 1.165) is 57.4 Å². The van der Waals surface area contributed by atoms with Gasteiger partial charge in [0, 0.05) is 52.9 Å². The molecular weight excluding hydrogens is 324 g/mol. The van der Waals surface area contributed by atoms with Crippen molar-refractivity contribution in [3.05, 3.63) is 6.33 Å². The van der Waals surface area contributed by atoms with Crippen molar-refractivity contribution in [2.24, 2.45) is 13.0 Å². The van der Waals surface area contributed by atoms with E-state index in [9.17, 15) is 4.79 Å². The maximum absolute atomic E-state index is 12.5. The van der Waals surface area contributed by atoms with Crippen molar-refractivity contribution >= 4 is 17.7 Å². The van der Waals surface area contributed by atoms with Crippen LogP contribution in [0.5, 0.6) is 0 Å². The van der Waals surface area contributed by atoms with Crippen LogP contribution in [-0.4, -0.2) is 94.0 Å². The van der Waals surface area contributed by atoms with Gasteiger partial charge >= 0.3 is 0 Å². The van der Waals surface area contributed by atoms with Crippen LogP contribution >= 0.6 is 11.8 Å². The molecule has 2 aliphatic rings. The number of hydrogen-bond donors (Lipinski definition) is 0. The number of aromatic nitrogens is 3. The van der Waals surface area contributed by atoms with E-state index in [4.69, 9.17) is 0 Å². The van der Waals surface area contributed by atoms with Gasteiger partial charge in [-0.2, -0.15) is 0 Å². The lowest BCUT2D eigenvalue weighted by Gasteiger charge is -2.38. The molecule has 134 valence electrons. The molecule has 1 amide bonds. The molecule has 2 aliphatic heterocycles. The second kappa shape index (κ2) is 8.31. The van der Waals surface area contributed by atoms with Crippen molar-refractivity contribution < 1.29 is 4.79 Å². The molecule has 0 aliphatic carbocycles. The van der Waals surface area contributed by atoms with Crippen LogP contribution in [0.2, 0.25) is 0 Å². The van der Waals surface area contributed by atoms with Gasteiger partial charge < -0.3 is 19.3 Å². The number of piperidine rings is 1. The van der Waals surface area contributed by atoms with Crippen LogP contribution in [0.25, 0.3) is 0 Å². The molecule has 0 radical (unpaired) electrons. The van der Waals surface area contributed by atoms with Crippen molar-refractivity contribution in [3.8, 4) is 0 Å². The molecule has 0 aromatic carbocycles. The zero-order chi connectivity index (χ0) is 16.9. The number of likely N-dealkylation sites (N-methyl/N-ethyl adjacent to an activating group) is 1. The number of amides is 1. The average molecular weight is 353 g/mol. The number of thioether (sulfide) groups is 1. The Morgan fingerprint density at radius 2 is 2.04 bits per heavy atom. The number of likely N-dealkylation sites (tertiary alicyclic amines) is 1. The highest BCUT2D eigenvalue weighted by Crippen LogP contribution is 2.21. The Labute approximate surface area is 148 Å². The van der Waals surface area contributed by atoms with E-state index in [-0.39, 0.29) is 5.91 Å². The first-order valence-electron chi connectivity index (χ1n) is 8.77. The van der Waals surface area contributed by atoms with E-state index in [2.05, 4.69) is 27.0 Å². The second-order valence-corrected chi connectivity index (χ2v) is 7.91. The lowest BCUT2D eigenvalue weighted by Crippen LogP contribution is -2.49. The summed E-state index contributed by atoms with van der Waals surface area (Å²) < 4.78 is 1.85. The molecule has 8 heteroatoms. The molecule has 2 saturated heterocycles. The second-order valence-electron chi connectivity index (χ2n) is 6.96. The summed E-state index contributed by atoms with van der Waals surface area (Å²) in [5.74, 6) is 1.30. The predicted molar refractivity (Wildman–Crippen MR) is 95.0 cm³/mol. The molecule has 0 spiro atoms. The fourth-order valence-electron chi connectivity index (χ4n) is 3.46. The van der Waals surface area contributed by atoms with Crippen molar-refractivity contribution in [1.82, 2.24) is 29.5 Å². The smallest absolute Gasteiger partial charge is 0.233 e. The highest BCUT2D eigenvalue weighted by Gasteiger charge is 2.26. The molecule has 0 N–H and O–H groups in total. The molecule has 3 rings (SSSR count). The van der Waals surface area contributed by atoms with E-state index in [0.29, 0.717) is 11.7 Å². The minimum absolute atomic E-state index is 0.228. The molecular formula is C16H28N6OS. The number of carbonyl (C=O) groups excluding carboxylic acids is 1. The molecule has 3 heterocycles. The molecule has 7 nitrogen and oxygen atoms in total. The van der Waals surface area contributed by atoms with Crippen molar-refractivity contribution in [2.75, 3.05) is 58.6 Å². The number of nitrogens with zero attached hydrogens (tertiary/aromatic N) is 6. The summed E-state index contributed by atoms with van der Waals surface area (Å²) in [4.78, 5) is 19.5. The minimum atomic E-state index is 0.228. The van der Waals surface area contributed by atoms with E-state index in [1.54, 1.807) is 6.33 Å². The summed E-state index contributed by atoms with van der Waals surface area (Å²) in [6, 6.07) is 0. The Bertz CT molecular complexity index is 542. The maximum atomic E-state index is 12.5. The van der Waals surface area contributed by atoms with Gasteiger partial charge in [0.15, 0.2) is 5.16 Å². The van der Waals surface area contributed by atoms with Crippen LogP contribution in [0.1, 0.15) is 12.8 Å². The summed E-state index contributed by atoms with van der Waals surface area (Å²) in [7, 11) is 4.09. The van der Waals surface area contributed by atoms with Gasteiger partial charge in [0.2, 0.25) is 5.91 Å². The fourth-order valence-corrected chi connectivity index (χ4v) is 4.25. The Morgan fingerprint density at radius 3 is 2.75 bits per heavy atom. The molecule has 1 aromatic rings. The van der Waals surface area contributed by atoms with Gasteiger partial charge in [0.25, 0.3) is 0 Å². The summed E-state index contributed by atoms with van der Waals surface area (Å²) in [5, 5.41) is 8.68. The number of piperazine rings is 1. The summed E-state index contributed by atoms with van der Waals surface area (Å²) in [5.41, 5.74) is 0. The van der Waals surface area contributed by atoms with Gasteiger partial charge in [-0.15, -0.1) is 10.2 Å². The standard InChI is InChI=1S/C16H28N6OS/c1-19-6-8-21(9-7-19)10-14-4-3-5-22(11-14)15(23)12-24-16-18-17-13-20(16)2/h13-14H,3-12H2,1-2H3. The van der Waals surface area contributed by atoms with Crippen LogP contribution in [0.4, 0.5) is 0 Å². The van der Waals surface area contributed by atoms with Gasteiger partial charge in [-0.05, 0) is 25.8 Å². The Morgan fingerprint density at radius 1 is 1.25 bits per heavy atom. The summed E-state index contributed by atoms with van der Waals surface area (Å²) >= 11 is 1.47. The van der Waals surface area contributed by atoms with Crippen molar-refractivity contribution in [1.29, 1.82) is 0 Å². The van der Waals surface area contributed by atoms with Crippen molar-refractivity contribution in [2.45, 2.75) is 18.0 Å². The third kappa shape index (κ3) is 4.70. The third-order valence-corrected chi connectivity index (χ3v) is 6.00. The van der Waals surface area contributed by atoms with Crippen LogP contribution in [0.15, 0.2) is 11.5 Å². The fraction of sp³-hybridized carbons (Fsp3) is 0.812. The predicted octanol–water partition coefficient (Wildman–Crippen LogP) is 0.393. The molecule has 1 aromatic heterocycles. The van der Waals surface area contributed by atoms with Crippen LogP contribution < -0.4 is 0 Å². The van der Waals surface area contributed by atoms with Gasteiger partial charge in [-0.1, -0.05) is 11.8 Å². The van der Waals surface area contributed by atoms with Crippen LogP contribution in [0, 0.1) is 5.92 Å². The summed E-state index contributed by atoms with van der Waals surface area (Å²) in [6.45, 7) is 7.56. The van der Waals surface area contributed by atoms with Crippen molar-refractivity contribution in [3.63, 3.8) is 0 Å². The molecule has 0 saturated carbocycles. The topological polar surface area (TPSA) is 57.5 Å². The zero-order valence-electron chi connectivity index (χ0n) is 14.7. The van der Waals surface area contributed by atoms with E-state index < -0.39 is 0 Å². The van der Waals surface area contributed by atoms with Gasteiger partial charge in [-0.3, -0.25) is 4.79 Å². The maximum Gasteiger partial charge on any atom is 0.233 e. The summed E-state index contributed by atoms with van der Waals surface area (Å²) in [6.07, 6.45) is 4.03. The van der Waals surface area contributed by atoms with Gasteiger partial charge in [0.05, 0.1) is 5.75 Å². The first kappa shape index (κ1) is 17.7. The molecule has 2 fully saturated rings. The number of rotatable bonds is 5. The van der Waals surface area contributed by atoms with Gasteiger partial charge in [0.1, 0.15) is 6.33 Å². The Balaban J connectivity index is 1.44. The molecule has 24 heavy (non-hydrogen) atoms. The third-order valence-electron chi connectivity index (χ3n) is 4.98. The highest BCUT2D eigenvalue weighted by molar-refractivity contribution is 7.99. The van der Waals surface area contributed by atoms with E-state index in [1.807, 2.05) is 16.5 Å². The van der Waals surface area contributed by atoms with E-state index >= 15 is 0 Å². The average Bonchev–Trinajstić information content (AvgIpc) is 3.00. The largest absolute Gasteiger partial charge is 0.342 e. The Hall–Kier alpha value is -1.12. The lowest BCUT2D eigenvalue weighted by molar-refractivity contribution is -0.130. The van der Waals surface area contributed by atoms with Crippen LogP contribution in [0.3, 0.4) is 0 Å². The zero-order valence-corrected chi connectivity index (χ0v) is 15.5. The lowest BCUT2D eigenvalue weighted by atomic mass is 9.97. The van der Waals surface area contributed by atoms with E-state index in [1.165, 1.54) is 18.2 Å². The highest BCUT2D eigenvalue weighted by atomic mass is 32.2. The first-order valence-corrected chi connectivity index (χ1v) is 9.76. The normalized spacial score (nSPS) is 23.6. The number of aryl methyl sites for hydroxylation is 1. The molecule has 0 bridgehead atoms. The van der Waals surface area contributed by atoms with Gasteiger partial charge in [-0.25, -0.2) is 0 Å². The molecule has 1 unspecified atom stereocenters. The van der Waals surface area contributed by atoms with Crippen LogP contribution in [-0.2, 0) is 11.8 Å². The number of carbonyl (C=O) groups is 1. The monoisotopic (exact) mass is 352 g/mol. The number of hydrogen-bond acceptors (Lipinski definition) is 6. The minimum Gasteiger partial charge on any atom is -0.342 e. The SMILES string of the molecule is CN1CCN(CC2CCCN(C(=O)CSc3nncn3C)C2)CC1. The quantitative estimate of drug-likeness (QED) is 0.715. The first-order chi connectivity index (χ1) is 11.6. The Kier molecular flexibility index (Phi) is 6.13.